The van der Waals surface area contributed by atoms with E-state index >= 15 is 0 Å². The number of halogens is 1. The molecule has 1 aromatic carbocycles. The van der Waals surface area contributed by atoms with Crippen LogP contribution in [-0.4, -0.2) is 80.3 Å². The minimum Gasteiger partial charge on any atom is -0.341 e. The molecule has 182 valence electrons. The van der Waals surface area contributed by atoms with Crippen molar-refractivity contribution >= 4 is 24.1 Å². The van der Waals surface area contributed by atoms with Crippen molar-refractivity contribution in [3.05, 3.63) is 41.1 Å². The van der Waals surface area contributed by atoms with Gasteiger partial charge in [-0.05, 0) is 31.0 Å². The van der Waals surface area contributed by atoms with E-state index in [-0.39, 0.29) is 18.3 Å². The van der Waals surface area contributed by atoms with E-state index in [1.54, 1.807) is 14.1 Å². The fraction of sp³-hybridized carbons (Fsp3) is 0.542. The van der Waals surface area contributed by atoms with Gasteiger partial charge in [-0.3, -0.25) is 14.2 Å². The second kappa shape index (κ2) is 12.9. The van der Waals surface area contributed by atoms with Gasteiger partial charge in [0.05, 0.1) is 6.54 Å². The molecule has 9 heteroatoms. The first-order valence-corrected chi connectivity index (χ1v) is 11.6. The van der Waals surface area contributed by atoms with Crippen LogP contribution in [0, 0.1) is 6.92 Å². The molecule has 1 saturated heterocycles. The summed E-state index contributed by atoms with van der Waals surface area (Å²) in [5.74, 6) is 0.570. The number of hydrogen-bond donors (Lipinski definition) is 1. The molecule has 2 heterocycles. The lowest BCUT2D eigenvalue weighted by Gasteiger charge is -2.24. The molecule has 1 N–H and O–H groups in total. The van der Waals surface area contributed by atoms with Crippen molar-refractivity contribution in [2.45, 2.75) is 33.7 Å². The van der Waals surface area contributed by atoms with Crippen molar-refractivity contribution in [3.63, 3.8) is 0 Å². The molecule has 33 heavy (non-hydrogen) atoms. The van der Waals surface area contributed by atoms with Gasteiger partial charge in [0.15, 0.2) is 11.5 Å². The number of aromatic nitrogens is 2. The summed E-state index contributed by atoms with van der Waals surface area (Å²) < 4.78 is 14.9. The fourth-order valence-electron chi connectivity index (χ4n) is 3.74. The van der Waals surface area contributed by atoms with Crippen LogP contribution in [0.2, 0.25) is 0 Å². The summed E-state index contributed by atoms with van der Waals surface area (Å²) in [5, 5.41) is 3.38. The Labute approximate surface area is 196 Å². The van der Waals surface area contributed by atoms with Gasteiger partial charge in [0.2, 0.25) is 12.4 Å². The van der Waals surface area contributed by atoms with Gasteiger partial charge in [-0.15, -0.1) is 0 Å². The molecule has 0 radical (unpaired) electrons. The van der Waals surface area contributed by atoms with Gasteiger partial charge in [0, 0.05) is 40.3 Å². The molecule has 3 rings (SSSR count). The van der Waals surface area contributed by atoms with Gasteiger partial charge >= 0.3 is 0 Å². The number of imidazole rings is 1. The van der Waals surface area contributed by atoms with Gasteiger partial charge in [0.1, 0.15) is 6.67 Å². The Hall–Kier alpha value is -2.94. The van der Waals surface area contributed by atoms with Crippen LogP contribution in [0.1, 0.15) is 41.9 Å². The molecular weight excluding hydrogens is 423 g/mol. The maximum Gasteiger partial charge on any atom is 0.274 e. The quantitative estimate of drug-likeness (QED) is 0.613. The van der Waals surface area contributed by atoms with Gasteiger partial charge in [-0.1, -0.05) is 38.1 Å². The third-order valence-corrected chi connectivity index (χ3v) is 5.60. The second-order valence-corrected chi connectivity index (χ2v) is 7.82. The summed E-state index contributed by atoms with van der Waals surface area (Å²) in [7, 11) is 3.14. The molecule has 0 bridgehead atoms. The number of carbonyl (C=O) groups excluding carboxylic acids is 2. The summed E-state index contributed by atoms with van der Waals surface area (Å²) in [5.41, 5.74) is 2.44. The van der Waals surface area contributed by atoms with E-state index in [1.165, 1.54) is 9.80 Å². The molecule has 2 amide bonds. The summed E-state index contributed by atoms with van der Waals surface area (Å²) >= 11 is 0. The van der Waals surface area contributed by atoms with E-state index in [0.717, 1.165) is 43.7 Å². The second-order valence-electron chi connectivity index (χ2n) is 7.82. The van der Waals surface area contributed by atoms with Crippen LogP contribution in [0.3, 0.4) is 0 Å². The highest BCUT2D eigenvalue weighted by Crippen LogP contribution is 2.29. The Morgan fingerprint density at radius 3 is 2.61 bits per heavy atom. The molecule has 1 aliphatic rings. The SMILES string of the molecule is CC.Cc1ccccc1Cn1c(N2CCCNCC2)nc(N(C)C=O)c1C(=O)N(C)CCF. The summed E-state index contributed by atoms with van der Waals surface area (Å²) in [6.07, 6.45) is 1.58. The molecule has 0 aliphatic carbocycles. The molecule has 0 atom stereocenters. The Morgan fingerprint density at radius 2 is 1.94 bits per heavy atom. The zero-order valence-corrected chi connectivity index (χ0v) is 20.5. The topological polar surface area (TPSA) is 73.7 Å². The standard InChI is InChI=1S/C22H31FN6O2.C2H6/c1-17-7-4-5-8-18(17)15-29-19(21(31)26(2)13-9-23)20(27(3)16-30)25-22(29)28-12-6-10-24-11-14-28;1-2/h4-5,7-8,16,24H,6,9-15H2,1-3H3;1-2H3. The Bertz CT molecular complexity index is 908. The molecule has 0 unspecified atom stereocenters. The average Bonchev–Trinajstić information content (AvgIpc) is 2.99. The van der Waals surface area contributed by atoms with Crippen LogP contribution < -0.4 is 15.1 Å². The molecule has 1 aromatic heterocycles. The van der Waals surface area contributed by atoms with E-state index in [4.69, 9.17) is 4.98 Å². The van der Waals surface area contributed by atoms with Crippen LogP contribution >= 0.6 is 0 Å². The van der Waals surface area contributed by atoms with Crippen LogP contribution in [0.15, 0.2) is 24.3 Å². The largest absolute Gasteiger partial charge is 0.341 e. The minimum absolute atomic E-state index is 0.0262. The molecular formula is C24H37FN6O2. The van der Waals surface area contributed by atoms with Crippen LogP contribution in [0.5, 0.6) is 0 Å². The van der Waals surface area contributed by atoms with E-state index in [1.807, 2.05) is 49.6 Å². The van der Waals surface area contributed by atoms with Crippen molar-refractivity contribution in [3.8, 4) is 0 Å². The third kappa shape index (κ3) is 6.31. The van der Waals surface area contributed by atoms with Gasteiger partial charge in [0.25, 0.3) is 5.91 Å². The third-order valence-electron chi connectivity index (χ3n) is 5.60. The number of aryl methyl sites for hydroxylation is 1. The summed E-state index contributed by atoms with van der Waals surface area (Å²) in [6.45, 7) is 9.04. The van der Waals surface area contributed by atoms with Crippen molar-refractivity contribution < 1.29 is 14.0 Å². The number of hydrogen-bond acceptors (Lipinski definition) is 5. The summed E-state index contributed by atoms with van der Waals surface area (Å²) in [4.78, 5) is 34.5. The Morgan fingerprint density at radius 1 is 1.21 bits per heavy atom. The predicted molar refractivity (Wildman–Crippen MR) is 131 cm³/mol. The van der Waals surface area contributed by atoms with E-state index in [9.17, 15) is 14.0 Å². The first-order valence-electron chi connectivity index (χ1n) is 11.6. The van der Waals surface area contributed by atoms with E-state index < -0.39 is 6.67 Å². The van der Waals surface area contributed by atoms with Crippen LogP contribution in [-0.2, 0) is 11.3 Å². The number of nitrogens with one attached hydrogen (secondary N) is 1. The van der Waals surface area contributed by atoms with Gasteiger partial charge < -0.3 is 20.0 Å². The van der Waals surface area contributed by atoms with Crippen molar-refractivity contribution in [1.29, 1.82) is 0 Å². The fourth-order valence-corrected chi connectivity index (χ4v) is 3.74. The molecule has 0 spiro atoms. The van der Waals surface area contributed by atoms with E-state index in [2.05, 4.69) is 10.2 Å². The molecule has 1 aliphatic heterocycles. The number of amides is 2. The number of anilines is 2. The molecule has 8 nitrogen and oxygen atoms in total. The molecule has 2 aromatic rings. The normalized spacial score (nSPS) is 13.6. The molecule has 1 fully saturated rings. The van der Waals surface area contributed by atoms with Crippen molar-refractivity contribution in [2.75, 3.05) is 63.3 Å². The monoisotopic (exact) mass is 460 g/mol. The summed E-state index contributed by atoms with van der Waals surface area (Å²) in [6, 6.07) is 7.98. The van der Waals surface area contributed by atoms with Gasteiger partial charge in [-0.2, -0.15) is 4.98 Å². The smallest absolute Gasteiger partial charge is 0.274 e. The number of alkyl halides is 1. The zero-order chi connectivity index (χ0) is 24.4. The maximum atomic E-state index is 13.4. The first kappa shape index (κ1) is 26.3. The number of nitrogens with zero attached hydrogens (tertiary/aromatic N) is 5. The zero-order valence-electron chi connectivity index (χ0n) is 20.5. The number of carbonyl (C=O) groups is 2. The Kier molecular flexibility index (Phi) is 10.3. The highest BCUT2D eigenvalue weighted by atomic mass is 19.1. The predicted octanol–water partition coefficient (Wildman–Crippen LogP) is 2.70. The lowest BCUT2D eigenvalue weighted by Crippen LogP contribution is -2.34. The highest BCUT2D eigenvalue weighted by Gasteiger charge is 2.30. The Balaban J connectivity index is 0.00000187. The maximum absolute atomic E-state index is 13.4. The van der Waals surface area contributed by atoms with Crippen molar-refractivity contribution in [2.24, 2.45) is 0 Å². The molecule has 0 saturated carbocycles. The minimum atomic E-state index is -0.641. The average molecular weight is 461 g/mol. The highest BCUT2D eigenvalue weighted by molar-refractivity contribution is 6.00. The van der Waals surface area contributed by atoms with Crippen molar-refractivity contribution in [1.82, 2.24) is 19.8 Å². The number of rotatable bonds is 8. The lowest BCUT2D eigenvalue weighted by molar-refractivity contribution is -0.107. The van der Waals surface area contributed by atoms with E-state index in [0.29, 0.717) is 24.6 Å². The van der Waals surface area contributed by atoms with Gasteiger partial charge in [-0.25, -0.2) is 4.39 Å². The first-order chi connectivity index (χ1) is 16.0. The lowest BCUT2D eigenvalue weighted by atomic mass is 10.1. The number of benzene rings is 1. The van der Waals surface area contributed by atoms with Crippen LogP contribution in [0.4, 0.5) is 16.2 Å². The van der Waals surface area contributed by atoms with Crippen LogP contribution in [0.25, 0.3) is 0 Å².